The predicted octanol–water partition coefficient (Wildman–Crippen LogP) is 4.45. The van der Waals surface area contributed by atoms with Crippen LogP contribution in [0, 0.1) is 23.0 Å². The highest BCUT2D eigenvalue weighted by Crippen LogP contribution is 2.33. The van der Waals surface area contributed by atoms with Crippen molar-refractivity contribution in [3.05, 3.63) is 82.1 Å². The number of nitrogens with one attached hydrogen (secondary N) is 1. The van der Waals surface area contributed by atoms with Crippen LogP contribution in [0.2, 0.25) is 5.02 Å². The second-order valence-electron chi connectivity index (χ2n) is 7.64. The molecule has 0 spiro atoms. The van der Waals surface area contributed by atoms with E-state index in [-0.39, 0.29) is 17.9 Å². The quantitative estimate of drug-likeness (QED) is 0.359. The first kappa shape index (κ1) is 27.8. The van der Waals surface area contributed by atoms with Gasteiger partial charge < -0.3 is 10.1 Å². The molecule has 3 rings (SSSR count). The Labute approximate surface area is 217 Å². The third-order valence-corrected chi connectivity index (χ3v) is 6.42. The van der Waals surface area contributed by atoms with E-state index < -0.39 is 63.8 Å². The summed E-state index contributed by atoms with van der Waals surface area (Å²) in [5.41, 5.74) is -1.68. The van der Waals surface area contributed by atoms with Crippen molar-refractivity contribution in [1.82, 2.24) is 4.98 Å². The predicted molar refractivity (Wildman–Crippen MR) is 132 cm³/mol. The SMILES string of the molecule is COc1ccc(CC(F)CCN(c2ccc(Cl)c(NC(=O)c3ccnc(C#N)c3F)c2F)[SH](=O)=O)cc1. The molecule has 0 aliphatic carbocycles. The smallest absolute Gasteiger partial charge is 0.258 e. The molecule has 1 atom stereocenters. The summed E-state index contributed by atoms with van der Waals surface area (Å²) in [5, 5.41) is 10.7. The van der Waals surface area contributed by atoms with E-state index in [0.717, 1.165) is 24.4 Å². The molecule has 194 valence electrons. The van der Waals surface area contributed by atoms with Crippen LogP contribution in [0.4, 0.5) is 24.5 Å². The second kappa shape index (κ2) is 12.4. The van der Waals surface area contributed by atoms with Gasteiger partial charge in [0.2, 0.25) is 10.9 Å². The highest BCUT2D eigenvalue weighted by Gasteiger charge is 2.24. The van der Waals surface area contributed by atoms with Crippen LogP contribution in [-0.2, 0) is 17.3 Å². The number of methoxy groups -OCH3 is 1. The molecule has 37 heavy (non-hydrogen) atoms. The summed E-state index contributed by atoms with van der Waals surface area (Å²) in [6, 6.07) is 11.3. The molecule has 1 amide bonds. The van der Waals surface area contributed by atoms with Gasteiger partial charge in [-0.1, -0.05) is 23.7 Å². The molecule has 1 N–H and O–H groups in total. The molecule has 0 fully saturated rings. The molecule has 8 nitrogen and oxygen atoms in total. The van der Waals surface area contributed by atoms with Gasteiger partial charge in [-0.2, -0.15) is 5.26 Å². The minimum atomic E-state index is -3.40. The summed E-state index contributed by atoms with van der Waals surface area (Å²) >= 11 is 6.00. The summed E-state index contributed by atoms with van der Waals surface area (Å²) in [4.78, 5) is 16.0. The maximum absolute atomic E-state index is 15.3. The zero-order chi connectivity index (χ0) is 27.1. The van der Waals surface area contributed by atoms with E-state index in [1.54, 1.807) is 24.3 Å². The van der Waals surface area contributed by atoms with Crippen LogP contribution in [0.3, 0.4) is 0 Å². The van der Waals surface area contributed by atoms with Crippen molar-refractivity contribution in [1.29, 1.82) is 5.26 Å². The maximum Gasteiger partial charge on any atom is 0.258 e. The van der Waals surface area contributed by atoms with Gasteiger partial charge in [0, 0.05) is 19.2 Å². The van der Waals surface area contributed by atoms with Crippen LogP contribution >= 0.6 is 11.6 Å². The molecule has 2 aromatic carbocycles. The monoisotopic (exact) mass is 552 g/mol. The van der Waals surface area contributed by atoms with Gasteiger partial charge >= 0.3 is 0 Å². The Morgan fingerprint density at radius 2 is 1.89 bits per heavy atom. The van der Waals surface area contributed by atoms with Crippen LogP contribution in [-0.4, -0.2) is 39.1 Å². The average molecular weight is 553 g/mol. The lowest BCUT2D eigenvalue weighted by molar-refractivity contribution is 0.102. The van der Waals surface area contributed by atoms with Gasteiger partial charge in [0.25, 0.3) is 5.91 Å². The van der Waals surface area contributed by atoms with Crippen molar-refractivity contribution in [2.45, 2.75) is 19.0 Å². The lowest BCUT2D eigenvalue weighted by Gasteiger charge is -2.21. The Hall–Kier alpha value is -3.82. The first-order chi connectivity index (χ1) is 17.7. The van der Waals surface area contributed by atoms with E-state index in [2.05, 4.69) is 10.3 Å². The molecule has 0 saturated carbocycles. The fraction of sp³-hybridized carbons (Fsp3) is 0.208. The van der Waals surface area contributed by atoms with Crippen LogP contribution in [0.1, 0.15) is 28.0 Å². The molecule has 0 aliphatic heterocycles. The Kier molecular flexibility index (Phi) is 9.32. The van der Waals surface area contributed by atoms with E-state index in [9.17, 15) is 22.0 Å². The average Bonchev–Trinajstić information content (AvgIpc) is 2.88. The number of nitriles is 1. The van der Waals surface area contributed by atoms with Crippen molar-refractivity contribution in [3.63, 3.8) is 0 Å². The number of hydrogen-bond donors (Lipinski definition) is 2. The fourth-order valence-electron chi connectivity index (χ4n) is 3.41. The standard InChI is InChI=1S/C24H20ClF3N4O4S/c1-36-16-4-2-14(3-5-16)12-15(26)9-11-32(37(34)35)20-7-6-18(25)23(22(20)28)31-24(33)17-8-10-30-19(13-29)21(17)27/h2-8,10,15,37H,9,11-12H2,1H3,(H,31,33). The number of pyridine rings is 1. The summed E-state index contributed by atoms with van der Waals surface area (Å²) < 4.78 is 73.7. The fourth-order valence-corrected chi connectivity index (χ4v) is 4.21. The first-order valence-corrected chi connectivity index (χ1v) is 12.2. The van der Waals surface area contributed by atoms with E-state index in [0.29, 0.717) is 15.6 Å². The topological polar surface area (TPSA) is 112 Å². The molecule has 3 aromatic rings. The Balaban J connectivity index is 1.79. The lowest BCUT2D eigenvalue weighted by Crippen LogP contribution is -2.27. The van der Waals surface area contributed by atoms with Crippen LogP contribution in [0.5, 0.6) is 5.75 Å². The van der Waals surface area contributed by atoms with Gasteiger partial charge in [0.15, 0.2) is 17.3 Å². The summed E-state index contributed by atoms with van der Waals surface area (Å²) in [7, 11) is -1.90. The van der Waals surface area contributed by atoms with Crippen LogP contribution in [0.25, 0.3) is 0 Å². The largest absolute Gasteiger partial charge is 0.497 e. The number of rotatable bonds is 10. The molecule has 1 aromatic heterocycles. The molecule has 0 radical (unpaired) electrons. The normalized spacial score (nSPS) is 11.6. The van der Waals surface area contributed by atoms with E-state index in [1.807, 2.05) is 0 Å². The number of ether oxygens (including phenoxy) is 1. The summed E-state index contributed by atoms with van der Waals surface area (Å²) in [6.45, 7) is -0.396. The number of carbonyl (C=O) groups is 1. The number of hydrogen-bond acceptors (Lipinski definition) is 6. The summed E-state index contributed by atoms with van der Waals surface area (Å²) in [6.07, 6.45) is -0.670. The molecular weight excluding hydrogens is 533 g/mol. The number of carbonyl (C=O) groups excluding carboxylic acids is 1. The number of thiol groups is 1. The molecular formula is C24H20ClF3N4O4S. The van der Waals surface area contributed by atoms with Crippen molar-refractivity contribution < 1.29 is 31.1 Å². The third-order valence-electron chi connectivity index (χ3n) is 5.29. The number of aromatic nitrogens is 1. The van der Waals surface area contributed by atoms with Gasteiger partial charge in [-0.3, -0.25) is 9.10 Å². The Morgan fingerprint density at radius 1 is 1.19 bits per heavy atom. The zero-order valence-electron chi connectivity index (χ0n) is 19.3. The van der Waals surface area contributed by atoms with Gasteiger partial charge in [-0.05, 0) is 42.3 Å². The molecule has 13 heteroatoms. The zero-order valence-corrected chi connectivity index (χ0v) is 20.9. The van der Waals surface area contributed by atoms with E-state index in [4.69, 9.17) is 21.6 Å². The second-order valence-corrected chi connectivity index (χ2v) is 9.01. The van der Waals surface area contributed by atoms with E-state index in [1.165, 1.54) is 13.2 Å². The highest BCUT2D eigenvalue weighted by molar-refractivity contribution is 7.74. The number of nitrogens with zero attached hydrogens (tertiary/aromatic N) is 3. The van der Waals surface area contributed by atoms with E-state index >= 15 is 4.39 Å². The highest BCUT2D eigenvalue weighted by atomic mass is 35.5. The molecule has 0 saturated heterocycles. The minimum Gasteiger partial charge on any atom is -0.497 e. The summed E-state index contributed by atoms with van der Waals surface area (Å²) in [5.74, 6) is -2.98. The third kappa shape index (κ3) is 6.69. The Bertz CT molecular complexity index is 1410. The van der Waals surface area contributed by atoms with Gasteiger partial charge in [-0.25, -0.2) is 26.6 Å². The number of halogens is 4. The molecule has 1 heterocycles. The molecule has 0 bridgehead atoms. The minimum absolute atomic E-state index is 0.0000635. The van der Waals surface area contributed by atoms with Gasteiger partial charge in [-0.15, -0.1) is 0 Å². The van der Waals surface area contributed by atoms with Crippen molar-refractivity contribution in [2.75, 3.05) is 23.3 Å². The van der Waals surface area contributed by atoms with Crippen LogP contribution < -0.4 is 14.4 Å². The van der Waals surface area contributed by atoms with Crippen molar-refractivity contribution >= 4 is 39.8 Å². The number of benzene rings is 2. The van der Waals surface area contributed by atoms with Crippen molar-refractivity contribution in [2.24, 2.45) is 0 Å². The number of anilines is 2. The molecule has 1 unspecified atom stereocenters. The number of alkyl halides is 1. The Morgan fingerprint density at radius 3 is 2.51 bits per heavy atom. The molecule has 0 aliphatic rings. The van der Waals surface area contributed by atoms with Crippen LogP contribution in [0.15, 0.2) is 48.7 Å². The lowest BCUT2D eigenvalue weighted by atomic mass is 10.1. The van der Waals surface area contributed by atoms with Gasteiger partial charge in [0.1, 0.15) is 18.0 Å². The van der Waals surface area contributed by atoms with Gasteiger partial charge in [0.05, 0.1) is 29.1 Å². The maximum atomic E-state index is 15.3. The van der Waals surface area contributed by atoms with Crippen molar-refractivity contribution in [3.8, 4) is 11.8 Å². The first-order valence-electron chi connectivity index (χ1n) is 10.7. The number of amides is 1.